The van der Waals surface area contributed by atoms with E-state index in [1.807, 2.05) is 41.3 Å². The largest absolute Gasteiger partial charge is 0.493 e. The molecule has 2 aromatic rings. The fraction of sp³-hybridized carbons (Fsp3) is 0.576. The van der Waals surface area contributed by atoms with E-state index in [0.29, 0.717) is 30.9 Å². The number of hydrogen-bond acceptors (Lipinski definition) is 6. The first kappa shape index (κ1) is 29.4. The second-order valence-corrected chi connectivity index (χ2v) is 11.9. The zero-order valence-electron chi connectivity index (χ0n) is 24.5. The number of aliphatic hydroxyl groups is 1. The maximum absolute atomic E-state index is 13.8. The Morgan fingerprint density at radius 1 is 1.00 bits per heavy atom. The van der Waals surface area contributed by atoms with Gasteiger partial charge in [0.2, 0.25) is 11.8 Å². The number of nitrogens with zero attached hydrogens (tertiary/aromatic N) is 2. The van der Waals surface area contributed by atoms with Gasteiger partial charge in [-0.2, -0.15) is 0 Å². The summed E-state index contributed by atoms with van der Waals surface area (Å²) in [5.41, 5.74) is 0.328. The van der Waals surface area contributed by atoms with Crippen molar-refractivity contribution in [2.24, 2.45) is 5.92 Å². The van der Waals surface area contributed by atoms with Gasteiger partial charge in [-0.1, -0.05) is 56.9 Å². The Labute approximate surface area is 244 Å². The highest BCUT2D eigenvalue weighted by Crippen LogP contribution is 2.37. The van der Waals surface area contributed by atoms with Crippen molar-refractivity contribution in [2.45, 2.75) is 88.9 Å². The molecule has 2 aliphatic heterocycles. The molecule has 0 unspecified atom stereocenters. The summed E-state index contributed by atoms with van der Waals surface area (Å²) in [4.78, 5) is 31.7. The molecule has 0 radical (unpaired) electrons. The number of nitrogens with one attached hydrogen (secondary N) is 1. The minimum atomic E-state index is -0.835. The van der Waals surface area contributed by atoms with E-state index in [4.69, 9.17) is 9.47 Å². The number of unbranched alkanes of at least 4 members (excludes halogenated alkanes) is 1. The van der Waals surface area contributed by atoms with Gasteiger partial charge in [-0.05, 0) is 67.9 Å². The van der Waals surface area contributed by atoms with Crippen LogP contribution in [0.5, 0.6) is 17.2 Å². The molecule has 2 amide bonds. The van der Waals surface area contributed by atoms with Crippen LogP contribution in [-0.2, 0) is 16.1 Å². The molecule has 2 aromatic carbocycles. The van der Waals surface area contributed by atoms with Crippen LogP contribution < -0.4 is 14.8 Å². The molecule has 0 bridgehead atoms. The minimum Gasteiger partial charge on any atom is -0.493 e. The van der Waals surface area contributed by atoms with E-state index in [0.717, 1.165) is 69.5 Å². The Balaban J connectivity index is 1.22. The quantitative estimate of drug-likeness (QED) is 0.428. The Hall–Kier alpha value is -3.10. The number of likely N-dealkylation sites (tertiary alicyclic amines) is 1. The van der Waals surface area contributed by atoms with E-state index in [-0.39, 0.29) is 17.7 Å². The highest BCUT2D eigenvalue weighted by molar-refractivity contribution is 6.00. The summed E-state index contributed by atoms with van der Waals surface area (Å²) >= 11 is 0. The first-order chi connectivity index (χ1) is 19.9. The number of benzene rings is 2. The molecule has 3 fully saturated rings. The smallest absolute Gasteiger partial charge is 0.248 e. The van der Waals surface area contributed by atoms with E-state index in [2.05, 4.69) is 29.3 Å². The summed E-state index contributed by atoms with van der Waals surface area (Å²) < 4.78 is 11.4. The molecule has 1 spiro atoms. The molecule has 3 aliphatic rings. The third kappa shape index (κ3) is 6.38. The molecule has 2 atom stereocenters. The molecule has 2 N–H and O–H groups in total. The Bertz CT molecular complexity index is 1170. The number of hydrogen-bond donors (Lipinski definition) is 2. The molecule has 8 nitrogen and oxygen atoms in total. The fourth-order valence-electron chi connectivity index (χ4n) is 6.79. The third-order valence-electron chi connectivity index (χ3n) is 9.28. The summed E-state index contributed by atoms with van der Waals surface area (Å²) in [6.07, 6.45) is 7.33. The van der Waals surface area contributed by atoms with Gasteiger partial charge in [0, 0.05) is 26.2 Å². The van der Waals surface area contributed by atoms with E-state index in [9.17, 15) is 14.7 Å². The standard InChI is InChI=1S/C33H45N3O5/c1-3-4-20-36-31(38)29(30(37)25-10-6-5-7-11-25)34-32(39)33(36)18-21-35(22-19-33)23-24-14-16-26(17-15-24)41-28-13-9-8-12-27(28)40-2/h8-9,12-17,25,29-30,37H,3-7,10-11,18-23H2,1-2H3,(H,34,39)/t29-,30-/m1/s1. The third-order valence-corrected chi connectivity index (χ3v) is 9.28. The molecule has 222 valence electrons. The highest BCUT2D eigenvalue weighted by Gasteiger charge is 2.55. The van der Waals surface area contributed by atoms with Crippen LogP contribution in [0, 0.1) is 5.92 Å². The topological polar surface area (TPSA) is 91.3 Å². The molecular weight excluding hydrogens is 518 g/mol. The van der Waals surface area contributed by atoms with Crippen LogP contribution >= 0.6 is 0 Å². The van der Waals surface area contributed by atoms with Crippen molar-refractivity contribution in [1.29, 1.82) is 0 Å². The normalized spacial score (nSPS) is 22.4. The molecule has 2 heterocycles. The van der Waals surface area contributed by atoms with Crippen LogP contribution in [0.15, 0.2) is 48.5 Å². The van der Waals surface area contributed by atoms with Crippen molar-refractivity contribution in [3.05, 3.63) is 54.1 Å². The van der Waals surface area contributed by atoms with E-state index >= 15 is 0 Å². The van der Waals surface area contributed by atoms with Crippen LogP contribution in [0.3, 0.4) is 0 Å². The number of ether oxygens (including phenoxy) is 2. The monoisotopic (exact) mass is 563 g/mol. The zero-order valence-corrected chi connectivity index (χ0v) is 24.5. The van der Waals surface area contributed by atoms with Gasteiger partial charge in [-0.3, -0.25) is 14.5 Å². The van der Waals surface area contributed by atoms with Crippen LogP contribution in [0.2, 0.25) is 0 Å². The predicted molar refractivity (Wildman–Crippen MR) is 158 cm³/mol. The molecule has 1 saturated carbocycles. The van der Waals surface area contributed by atoms with Crippen molar-refractivity contribution < 1.29 is 24.2 Å². The molecule has 41 heavy (non-hydrogen) atoms. The van der Waals surface area contributed by atoms with E-state index in [1.54, 1.807) is 7.11 Å². The lowest BCUT2D eigenvalue weighted by molar-refractivity contribution is -0.166. The zero-order chi connectivity index (χ0) is 28.8. The predicted octanol–water partition coefficient (Wildman–Crippen LogP) is 4.89. The average Bonchev–Trinajstić information content (AvgIpc) is 3.01. The molecule has 5 rings (SSSR count). The van der Waals surface area contributed by atoms with Gasteiger partial charge in [0.15, 0.2) is 11.5 Å². The van der Waals surface area contributed by atoms with Gasteiger partial charge in [0.05, 0.1) is 13.2 Å². The van der Waals surface area contributed by atoms with Gasteiger partial charge in [0.25, 0.3) is 0 Å². The minimum absolute atomic E-state index is 0.0773. The second-order valence-electron chi connectivity index (χ2n) is 11.9. The lowest BCUT2D eigenvalue weighted by atomic mass is 9.78. The first-order valence-corrected chi connectivity index (χ1v) is 15.4. The fourth-order valence-corrected chi connectivity index (χ4v) is 6.79. The molecule has 0 aromatic heterocycles. The highest BCUT2D eigenvalue weighted by atomic mass is 16.5. The SMILES string of the molecule is CCCCN1C(=O)[C@@H]([C@H](O)C2CCCCC2)NC(=O)C12CCN(Cc1ccc(Oc3ccccc3OC)cc1)CC2. The van der Waals surface area contributed by atoms with Gasteiger partial charge in [-0.15, -0.1) is 0 Å². The lowest BCUT2D eigenvalue weighted by Crippen LogP contribution is -2.75. The van der Waals surface area contributed by atoms with Crippen LogP contribution in [0.25, 0.3) is 0 Å². The van der Waals surface area contributed by atoms with E-state index < -0.39 is 17.7 Å². The summed E-state index contributed by atoms with van der Waals surface area (Å²) in [7, 11) is 1.63. The molecule has 8 heteroatoms. The molecule has 1 aliphatic carbocycles. The summed E-state index contributed by atoms with van der Waals surface area (Å²) in [5.74, 6) is 1.98. The number of piperidine rings is 1. The summed E-state index contributed by atoms with van der Waals surface area (Å²) in [5, 5.41) is 14.2. The number of methoxy groups -OCH3 is 1. The number of rotatable bonds is 10. The van der Waals surface area contributed by atoms with Gasteiger partial charge in [-0.25, -0.2) is 0 Å². The van der Waals surface area contributed by atoms with Crippen molar-refractivity contribution in [2.75, 3.05) is 26.7 Å². The van der Waals surface area contributed by atoms with Crippen molar-refractivity contribution in [3.63, 3.8) is 0 Å². The Morgan fingerprint density at radius 3 is 2.34 bits per heavy atom. The number of aliphatic hydroxyl groups excluding tert-OH is 1. The summed E-state index contributed by atoms with van der Waals surface area (Å²) in [6, 6.07) is 14.8. The van der Waals surface area contributed by atoms with Crippen molar-refractivity contribution in [1.82, 2.24) is 15.1 Å². The lowest BCUT2D eigenvalue weighted by Gasteiger charge is -2.52. The maximum Gasteiger partial charge on any atom is 0.248 e. The molecular formula is C33H45N3O5. The number of carbonyl (C=O) groups excluding carboxylic acids is 2. The Kier molecular flexibility index (Phi) is 9.50. The van der Waals surface area contributed by atoms with Crippen molar-refractivity contribution >= 4 is 11.8 Å². The summed E-state index contributed by atoms with van der Waals surface area (Å²) in [6.45, 7) is 4.87. The average molecular weight is 564 g/mol. The first-order valence-electron chi connectivity index (χ1n) is 15.4. The van der Waals surface area contributed by atoms with Gasteiger partial charge < -0.3 is 24.8 Å². The second kappa shape index (κ2) is 13.3. The van der Waals surface area contributed by atoms with Gasteiger partial charge in [0.1, 0.15) is 17.3 Å². The number of piperazine rings is 1. The molecule has 2 saturated heterocycles. The van der Waals surface area contributed by atoms with Crippen LogP contribution in [0.1, 0.15) is 70.3 Å². The van der Waals surface area contributed by atoms with Gasteiger partial charge >= 0.3 is 0 Å². The number of para-hydroxylation sites is 2. The number of amides is 2. The number of carbonyl (C=O) groups is 2. The Morgan fingerprint density at radius 2 is 1.68 bits per heavy atom. The van der Waals surface area contributed by atoms with E-state index in [1.165, 1.54) is 6.42 Å². The van der Waals surface area contributed by atoms with Crippen LogP contribution in [-0.4, -0.2) is 71.1 Å². The van der Waals surface area contributed by atoms with Crippen molar-refractivity contribution in [3.8, 4) is 17.2 Å². The van der Waals surface area contributed by atoms with Crippen LogP contribution in [0.4, 0.5) is 0 Å². The maximum atomic E-state index is 13.8.